The number of halogens is 1. The van der Waals surface area contributed by atoms with E-state index >= 15 is 0 Å². The second-order valence-electron chi connectivity index (χ2n) is 5.42. The number of nitrogens with one attached hydrogen (secondary N) is 1. The molecule has 0 radical (unpaired) electrons. The maximum absolute atomic E-state index is 12.1. The van der Waals surface area contributed by atoms with Gasteiger partial charge in [-0.05, 0) is 37.1 Å². The van der Waals surface area contributed by atoms with Crippen LogP contribution in [-0.2, 0) is 4.79 Å². The number of hydrogen-bond acceptors (Lipinski definition) is 4. The van der Waals surface area contributed by atoms with Crippen LogP contribution >= 0.6 is 11.6 Å². The standard InChI is InChI=1S/C15H18ClN3O2/c1-10-4-5-19(8-14(10)20)9-15(21)18-13-6-12(16)3-2-11(13)7-17/h2-3,6,10,14,20H,4-5,8-9H2,1H3,(H,18,21). The summed E-state index contributed by atoms with van der Waals surface area (Å²) >= 11 is 5.88. The first-order valence-electron chi connectivity index (χ1n) is 6.89. The van der Waals surface area contributed by atoms with Gasteiger partial charge in [-0.3, -0.25) is 9.69 Å². The molecule has 112 valence electrons. The Hall–Kier alpha value is -1.61. The van der Waals surface area contributed by atoms with Crippen LogP contribution in [0.3, 0.4) is 0 Å². The maximum atomic E-state index is 12.1. The summed E-state index contributed by atoms with van der Waals surface area (Å²) in [5, 5.41) is 22.0. The minimum atomic E-state index is -0.396. The fraction of sp³-hybridized carbons (Fsp3) is 0.467. The monoisotopic (exact) mass is 307 g/mol. The average molecular weight is 308 g/mol. The van der Waals surface area contributed by atoms with Crippen LogP contribution in [0.2, 0.25) is 5.02 Å². The minimum Gasteiger partial charge on any atom is -0.392 e. The molecule has 2 unspecified atom stereocenters. The van der Waals surface area contributed by atoms with Crippen LogP contribution in [0.15, 0.2) is 18.2 Å². The Morgan fingerprint density at radius 2 is 2.38 bits per heavy atom. The number of anilines is 1. The molecule has 1 heterocycles. The third-order valence-electron chi connectivity index (χ3n) is 3.75. The zero-order valence-electron chi connectivity index (χ0n) is 11.8. The van der Waals surface area contributed by atoms with Crippen LogP contribution in [0.4, 0.5) is 5.69 Å². The topological polar surface area (TPSA) is 76.4 Å². The predicted molar refractivity (Wildman–Crippen MR) is 81.0 cm³/mol. The zero-order chi connectivity index (χ0) is 15.4. The molecule has 2 rings (SSSR count). The molecule has 0 aromatic heterocycles. The predicted octanol–water partition coefficient (Wildman–Crippen LogP) is 1.85. The molecule has 1 aliphatic heterocycles. The summed E-state index contributed by atoms with van der Waals surface area (Å²) in [7, 11) is 0. The minimum absolute atomic E-state index is 0.196. The Bertz CT molecular complexity index is 571. The number of nitrogens with zero attached hydrogens (tertiary/aromatic N) is 2. The van der Waals surface area contributed by atoms with Gasteiger partial charge in [0.05, 0.1) is 23.9 Å². The van der Waals surface area contributed by atoms with Crippen LogP contribution < -0.4 is 5.32 Å². The molecule has 1 aromatic carbocycles. The van der Waals surface area contributed by atoms with Gasteiger partial charge in [-0.25, -0.2) is 0 Å². The number of aliphatic hydroxyl groups is 1. The molecule has 21 heavy (non-hydrogen) atoms. The van der Waals surface area contributed by atoms with Crippen molar-refractivity contribution < 1.29 is 9.90 Å². The molecule has 1 aromatic rings. The van der Waals surface area contributed by atoms with E-state index in [2.05, 4.69) is 5.32 Å². The Morgan fingerprint density at radius 3 is 3.05 bits per heavy atom. The number of piperidine rings is 1. The van der Waals surface area contributed by atoms with Gasteiger partial charge >= 0.3 is 0 Å². The highest BCUT2D eigenvalue weighted by Gasteiger charge is 2.25. The number of aliphatic hydroxyl groups excluding tert-OH is 1. The van der Waals surface area contributed by atoms with E-state index in [0.717, 1.165) is 13.0 Å². The second-order valence-corrected chi connectivity index (χ2v) is 5.85. The van der Waals surface area contributed by atoms with Gasteiger partial charge < -0.3 is 10.4 Å². The third-order valence-corrected chi connectivity index (χ3v) is 3.98. The third kappa shape index (κ3) is 4.18. The Balaban J connectivity index is 1.96. The number of likely N-dealkylation sites (tertiary alicyclic amines) is 1. The van der Waals surface area contributed by atoms with Gasteiger partial charge in [-0.1, -0.05) is 18.5 Å². The van der Waals surface area contributed by atoms with Gasteiger partial charge in [0.15, 0.2) is 0 Å². The summed E-state index contributed by atoms with van der Waals surface area (Å²) in [5.74, 6) is 0.0537. The molecule has 1 amide bonds. The van der Waals surface area contributed by atoms with E-state index in [0.29, 0.717) is 22.8 Å². The van der Waals surface area contributed by atoms with Gasteiger partial charge in [0, 0.05) is 11.6 Å². The van der Waals surface area contributed by atoms with Gasteiger partial charge in [-0.2, -0.15) is 5.26 Å². The molecule has 0 bridgehead atoms. The van der Waals surface area contributed by atoms with Crippen LogP contribution in [0.5, 0.6) is 0 Å². The van der Waals surface area contributed by atoms with E-state index in [-0.39, 0.29) is 18.4 Å². The lowest BCUT2D eigenvalue weighted by Crippen LogP contribution is -2.45. The van der Waals surface area contributed by atoms with Gasteiger partial charge in [0.25, 0.3) is 0 Å². The van der Waals surface area contributed by atoms with Gasteiger partial charge in [0.2, 0.25) is 5.91 Å². The molecular formula is C15H18ClN3O2. The number of nitriles is 1. The van der Waals surface area contributed by atoms with Crippen molar-refractivity contribution in [1.29, 1.82) is 5.26 Å². The van der Waals surface area contributed by atoms with Gasteiger partial charge in [0.1, 0.15) is 6.07 Å². The van der Waals surface area contributed by atoms with Crippen molar-refractivity contribution >= 4 is 23.2 Å². The Kier molecular flexibility index (Phi) is 5.18. The zero-order valence-corrected chi connectivity index (χ0v) is 12.6. The van der Waals surface area contributed by atoms with E-state index < -0.39 is 6.10 Å². The summed E-state index contributed by atoms with van der Waals surface area (Å²) in [4.78, 5) is 14.0. The van der Waals surface area contributed by atoms with Crippen LogP contribution in [0.1, 0.15) is 18.9 Å². The van der Waals surface area contributed by atoms with Crippen molar-refractivity contribution in [1.82, 2.24) is 4.90 Å². The fourth-order valence-electron chi connectivity index (χ4n) is 2.37. The smallest absolute Gasteiger partial charge is 0.238 e. The Labute approximate surface area is 129 Å². The first kappa shape index (κ1) is 15.8. The van der Waals surface area contributed by atoms with E-state index in [4.69, 9.17) is 16.9 Å². The molecule has 1 aliphatic rings. The lowest BCUT2D eigenvalue weighted by molar-refractivity contribution is -0.118. The largest absolute Gasteiger partial charge is 0.392 e. The lowest BCUT2D eigenvalue weighted by atomic mass is 9.96. The molecule has 2 atom stereocenters. The normalized spacial score (nSPS) is 22.6. The highest BCUT2D eigenvalue weighted by Crippen LogP contribution is 2.21. The average Bonchev–Trinajstić information content (AvgIpc) is 2.43. The molecule has 6 heteroatoms. The first-order valence-corrected chi connectivity index (χ1v) is 7.27. The quantitative estimate of drug-likeness (QED) is 0.893. The molecule has 1 saturated heterocycles. The van der Waals surface area contributed by atoms with Crippen LogP contribution in [0.25, 0.3) is 0 Å². The number of rotatable bonds is 3. The molecule has 0 saturated carbocycles. The van der Waals surface area contributed by atoms with Gasteiger partial charge in [-0.15, -0.1) is 0 Å². The van der Waals surface area contributed by atoms with Crippen molar-refractivity contribution in [2.45, 2.75) is 19.4 Å². The summed E-state index contributed by atoms with van der Waals surface area (Å²) in [6, 6.07) is 6.76. The van der Waals surface area contributed by atoms with E-state index in [1.54, 1.807) is 18.2 Å². The highest BCUT2D eigenvalue weighted by atomic mass is 35.5. The van der Waals surface area contributed by atoms with Crippen molar-refractivity contribution in [3.05, 3.63) is 28.8 Å². The van der Waals surface area contributed by atoms with E-state index in [1.807, 2.05) is 17.9 Å². The molecular weight excluding hydrogens is 290 g/mol. The van der Waals surface area contributed by atoms with Crippen molar-refractivity contribution in [3.8, 4) is 6.07 Å². The number of carbonyl (C=O) groups is 1. The number of benzene rings is 1. The van der Waals surface area contributed by atoms with Crippen LogP contribution in [-0.4, -0.2) is 41.7 Å². The number of β-amino-alcohol motifs (C(OH)–C–C–N with tert-alkyl or cyclic N) is 1. The SMILES string of the molecule is CC1CCN(CC(=O)Nc2cc(Cl)ccc2C#N)CC1O. The second kappa shape index (κ2) is 6.90. The van der Waals surface area contributed by atoms with Crippen molar-refractivity contribution in [3.63, 3.8) is 0 Å². The summed E-state index contributed by atoms with van der Waals surface area (Å²) in [5.41, 5.74) is 0.793. The van der Waals surface area contributed by atoms with E-state index in [1.165, 1.54) is 0 Å². The molecule has 5 nitrogen and oxygen atoms in total. The summed E-state index contributed by atoms with van der Waals surface area (Å²) in [6.07, 6.45) is 0.474. The molecule has 0 aliphatic carbocycles. The van der Waals surface area contributed by atoms with Crippen molar-refractivity contribution in [2.75, 3.05) is 25.0 Å². The fourth-order valence-corrected chi connectivity index (χ4v) is 2.54. The number of amides is 1. The summed E-state index contributed by atoms with van der Waals surface area (Å²) < 4.78 is 0. The lowest BCUT2D eigenvalue weighted by Gasteiger charge is -2.33. The maximum Gasteiger partial charge on any atom is 0.238 e. The van der Waals surface area contributed by atoms with E-state index in [9.17, 15) is 9.90 Å². The highest BCUT2D eigenvalue weighted by molar-refractivity contribution is 6.31. The summed E-state index contributed by atoms with van der Waals surface area (Å²) in [6.45, 7) is 3.48. The number of hydrogen-bond donors (Lipinski definition) is 2. The molecule has 0 spiro atoms. The Morgan fingerprint density at radius 1 is 1.62 bits per heavy atom. The van der Waals surface area contributed by atoms with Crippen LogP contribution in [0, 0.1) is 17.2 Å². The number of carbonyl (C=O) groups excluding carboxylic acids is 1. The first-order chi connectivity index (χ1) is 9.99. The van der Waals surface area contributed by atoms with Crippen molar-refractivity contribution in [2.24, 2.45) is 5.92 Å². The molecule has 1 fully saturated rings. The molecule has 2 N–H and O–H groups in total.